The van der Waals surface area contributed by atoms with Crippen molar-refractivity contribution in [3.63, 3.8) is 0 Å². The van der Waals surface area contributed by atoms with Gasteiger partial charge in [-0.2, -0.15) is 0 Å². The van der Waals surface area contributed by atoms with Crippen LogP contribution in [0.1, 0.15) is 14.5 Å². The molecule has 3 heterocycles. The molecule has 3 rings (SSSR count). The molecule has 0 atom stereocenters. The summed E-state index contributed by atoms with van der Waals surface area (Å²) in [4.78, 5) is 18.7. The Morgan fingerprint density at radius 2 is 1.95 bits per heavy atom. The molecular formula is C14H17N3OS2. The summed E-state index contributed by atoms with van der Waals surface area (Å²) in [5, 5.41) is 3.98. The van der Waals surface area contributed by atoms with Gasteiger partial charge in [-0.25, -0.2) is 0 Å². The van der Waals surface area contributed by atoms with Crippen LogP contribution in [0.5, 0.6) is 0 Å². The third-order valence-electron chi connectivity index (χ3n) is 3.51. The van der Waals surface area contributed by atoms with E-state index in [2.05, 4.69) is 22.4 Å². The summed E-state index contributed by atoms with van der Waals surface area (Å²) >= 11 is 3.21. The van der Waals surface area contributed by atoms with Crippen molar-refractivity contribution in [2.45, 2.75) is 6.54 Å². The predicted molar refractivity (Wildman–Crippen MR) is 84.2 cm³/mol. The third kappa shape index (κ3) is 2.87. The average Bonchev–Trinajstić information content (AvgIpc) is 3.10. The highest BCUT2D eigenvalue weighted by Gasteiger charge is 2.24. The molecule has 0 unspecified atom stereocenters. The summed E-state index contributed by atoms with van der Waals surface area (Å²) in [6.07, 6.45) is 0. The number of anilines is 1. The lowest BCUT2D eigenvalue weighted by Gasteiger charge is -2.34. The van der Waals surface area contributed by atoms with Gasteiger partial charge in [0.2, 0.25) is 0 Å². The van der Waals surface area contributed by atoms with Gasteiger partial charge < -0.3 is 10.6 Å². The molecule has 1 aliphatic heterocycles. The summed E-state index contributed by atoms with van der Waals surface area (Å²) in [6, 6.07) is 6.04. The molecule has 0 aliphatic carbocycles. The van der Waals surface area contributed by atoms with E-state index in [1.165, 1.54) is 16.2 Å². The van der Waals surface area contributed by atoms with Crippen molar-refractivity contribution in [3.8, 4) is 0 Å². The Hall–Kier alpha value is -1.37. The van der Waals surface area contributed by atoms with Crippen LogP contribution in [0.2, 0.25) is 0 Å². The summed E-state index contributed by atoms with van der Waals surface area (Å²) in [7, 11) is 0. The number of nitrogens with two attached hydrogens (primary N) is 1. The molecule has 0 radical (unpaired) electrons. The zero-order valence-corrected chi connectivity index (χ0v) is 12.8. The molecule has 1 fully saturated rings. The van der Waals surface area contributed by atoms with Gasteiger partial charge in [0.25, 0.3) is 5.91 Å². The van der Waals surface area contributed by atoms with E-state index in [1.807, 2.05) is 10.3 Å². The summed E-state index contributed by atoms with van der Waals surface area (Å²) in [5.41, 5.74) is 6.42. The molecule has 6 heteroatoms. The van der Waals surface area contributed by atoms with Gasteiger partial charge in [-0.1, -0.05) is 6.07 Å². The Morgan fingerprint density at radius 3 is 2.55 bits per heavy atom. The molecular weight excluding hydrogens is 290 g/mol. The number of carbonyl (C=O) groups is 1. The lowest BCUT2D eigenvalue weighted by atomic mass is 10.2. The number of amides is 1. The van der Waals surface area contributed by atoms with Gasteiger partial charge in [-0.3, -0.25) is 9.69 Å². The van der Waals surface area contributed by atoms with Crippen molar-refractivity contribution in [1.82, 2.24) is 9.80 Å². The van der Waals surface area contributed by atoms with Crippen molar-refractivity contribution < 1.29 is 4.79 Å². The molecule has 1 saturated heterocycles. The first-order chi connectivity index (χ1) is 9.74. The summed E-state index contributed by atoms with van der Waals surface area (Å²) in [6.45, 7) is 4.40. The lowest BCUT2D eigenvalue weighted by molar-refractivity contribution is 0.0635. The van der Waals surface area contributed by atoms with Gasteiger partial charge in [-0.05, 0) is 22.9 Å². The maximum absolute atomic E-state index is 12.3. The highest BCUT2D eigenvalue weighted by molar-refractivity contribution is 7.12. The van der Waals surface area contributed by atoms with Crippen molar-refractivity contribution >= 4 is 34.3 Å². The average molecular weight is 307 g/mol. The molecule has 0 aromatic carbocycles. The molecule has 1 aliphatic rings. The Bertz CT molecular complexity index is 571. The normalized spacial score (nSPS) is 16.5. The van der Waals surface area contributed by atoms with Crippen LogP contribution in [0.15, 0.2) is 29.0 Å². The van der Waals surface area contributed by atoms with Crippen LogP contribution in [0, 0.1) is 0 Å². The molecule has 1 amide bonds. The van der Waals surface area contributed by atoms with E-state index in [9.17, 15) is 4.79 Å². The summed E-state index contributed by atoms with van der Waals surface area (Å²) < 4.78 is 0. The zero-order chi connectivity index (χ0) is 13.9. The first kappa shape index (κ1) is 13.6. The molecule has 0 spiro atoms. The van der Waals surface area contributed by atoms with E-state index in [-0.39, 0.29) is 5.91 Å². The smallest absolute Gasteiger partial charge is 0.266 e. The molecule has 20 heavy (non-hydrogen) atoms. The van der Waals surface area contributed by atoms with Crippen molar-refractivity contribution in [2.24, 2.45) is 0 Å². The molecule has 2 aromatic rings. The number of carbonyl (C=O) groups excluding carboxylic acids is 1. The fraction of sp³-hybridized carbons (Fsp3) is 0.357. The van der Waals surface area contributed by atoms with E-state index in [1.54, 1.807) is 17.4 Å². The number of nitrogen functional groups attached to an aromatic ring is 1. The fourth-order valence-electron chi connectivity index (χ4n) is 2.37. The Kier molecular flexibility index (Phi) is 4.05. The van der Waals surface area contributed by atoms with Gasteiger partial charge in [0.1, 0.15) is 4.88 Å². The monoisotopic (exact) mass is 307 g/mol. The van der Waals surface area contributed by atoms with Crippen molar-refractivity contribution in [2.75, 3.05) is 31.9 Å². The highest BCUT2D eigenvalue weighted by atomic mass is 32.1. The topological polar surface area (TPSA) is 49.6 Å². The Balaban J connectivity index is 1.56. The van der Waals surface area contributed by atoms with E-state index < -0.39 is 0 Å². The SMILES string of the molecule is Nc1ccsc1C(=O)N1CCN(Cc2cccs2)CC1. The zero-order valence-electron chi connectivity index (χ0n) is 11.1. The number of piperazine rings is 1. The van der Waals surface area contributed by atoms with Crippen LogP contribution < -0.4 is 5.73 Å². The minimum atomic E-state index is 0.0771. The quantitative estimate of drug-likeness (QED) is 0.947. The number of hydrogen-bond acceptors (Lipinski definition) is 5. The second kappa shape index (κ2) is 5.95. The molecule has 0 bridgehead atoms. The largest absolute Gasteiger partial charge is 0.397 e. The third-order valence-corrected chi connectivity index (χ3v) is 5.29. The van der Waals surface area contributed by atoms with E-state index in [0.717, 1.165) is 32.7 Å². The van der Waals surface area contributed by atoms with Crippen LogP contribution in [-0.2, 0) is 6.54 Å². The van der Waals surface area contributed by atoms with Crippen LogP contribution >= 0.6 is 22.7 Å². The maximum Gasteiger partial charge on any atom is 0.266 e. The Labute approximate surface area is 126 Å². The standard InChI is InChI=1S/C14H17N3OS2/c15-12-3-9-20-13(12)14(18)17-6-4-16(5-7-17)10-11-2-1-8-19-11/h1-3,8-9H,4-7,10,15H2. The van der Waals surface area contributed by atoms with Gasteiger partial charge in [0.15, 0.2) is 0 Å². The lowest BCUT2D eigenvalue weighted by Crippen LogP contribution is -2.48. The molecule has 0 saturated carbocycles. The highest BCUT2D eigenvalue weighted by Crippen LogP contribution is 2.22. The first-order valence-electron chi connectivity index (χ1n) is 6.61. The van der Waals surface area contributed by atoms with Crippen LogP contribution in [0.3, 0.4) is 0 Å². The number of nitrogens with zero attached hydrogens (tertiary/aromatic N) is 2. The number of hydrogen-bond donors (Lipinski definition) is 1. The molecule has 2 aromatic heterocycles. The van der Waals surface area contributed by atoms with Gasteiger partial charge in [0, 0.05) is 37.6 Å². The number of thiophene rings is 2. The van der Waals surface area contributed by atoms with E-state index >= 15 is 0 Å². The second-order valence-corrected chi connectivity index (χ2v) is 6.80. The molecule has 106 valence electrons. The van der Waals surface area contributed by atoms with Gasteiger partial charge >= 0.3 is 0 Å². The van der Waals surface area contributed by atoms with Crippen molar-refractivity contribution in [3.05, 3.63) is 38.7 Å². The number of rotatable bonds is 3. The first-order valence-corrected chi connectivity index (χ1v) is 8.37. The summed E-state index contributed by atoms with van der Waals surface area (Å²) in [5.74, 6) is 0.0771. The minimum Gasteiger partial charge on any atom is -0.397 e. The van der Waals surface area contributed by atoms with Crippen LogP contribution in [0.4, 0.5) is 5.69 Å². The van der Waals surface area contributed by atoms with Gasteiger partial charge in [0.05, 0.1) is 5.69 Å². The Morgan fingerprint density at radius 1 is 1.15 bits per heavy atom. The van der Waals surface area contributed by atoms with Crippen LogP contribution in [-0.4, -0.2) is 41.9 Å². The fourth-order valence-corrected chi connectivity index (χ4v) is 3.90. The van der Waals surface area contributed by atoms with Gasteiger partial charge in [-0.15, -0.1) is 22.7 Å². The maximum atomic E-state index is 12.3. The molecule has 2 N–H and O–H groups in total. The predicted octanol–water partition coefficient (Wildman–Crippen LogP) is 2.35. The van der Waals surface area contributed by atoms with Crippen LogP contribution in [0.25, 0.3) is 0 Å². The van der Waals surface area contributed by atoms with Crippen molar-refractivity contribution in [1.29, 1.82) is 0 Å². The second-order valence-electron chi connectivity index (χ2n) is 4.85. The molecule has 4 nitrogen and oxygen atoms in total. The minimum absolute atomic E-state index is 0.0771. The van der Waals surface area contributed by atoms with E-state index in [4.69, 9.17) is 5.73 Å². The van der Waals surface area contributed by atoms with E-state index in [0.29, 0.717) is 10.6 Å².